The summed E-state index contributed by atoms with van der Waals surface area (Å²) in [4.78, 5) is 4.18. The second kappa shape index (κ2) is 5.32. The predicted molar refractivity (Wildman–Crippen MR) is 77.8 cm³/mol. The smallest absolute Gasteiger partial charge is 0.0593 e. The van der Waals surface area contributed by atoms with E-state index in [0.717, 1.165) is 12.0 Å². The van der Waals surface area contributed by atoms with Crippen LogP contribution in [0.1, 0.15) is 49.9 Å². The van der Waals surface area contributed by atoms with E-state index in [9.17, 15) is 0 Å². The van der Waals surface area contributed by atoms with Gasteiger partial charge in [-0.3, -0.25) is 4.90 Å². The van der Waals surface area contributed by atoms with E-state index >= 15 is 0 Å². The van der Waals surface area contributed by atoms with Crippen molar-refractivity contribution in [2.45, 2.75) is 57.2 Å². The average molecular weight is 264 g/mol. The molecule has 2 heterocycles. The minimum absolute atomic E-state index is 0.226. The second-order valence-corrected chi connectivity index (χ2v) is 6.94. The first kappa shape index (κ1) is 12.6. The van der Waals surface area contributed by atoms with E-state index < -0.39 is 0 Å². The summed E-state index contributed by atoms with van der Waals surface area (Å²) in [7, 11) is 0. The summed E-state index contributed by atoms with van der Waals surface area (Å²) >= 11 is 1.86. The van der Waals surface area contributed by atoms with Crippen LogP contribution in [0.15, 0.2) is 17.5 Å². The van der Waals surface area contributed by atoms with Gasteiger partial charge in [0.1, 0.15) is 0 Å². The highest BCUT2D eigenvalue weighted by Gasteiger charge is 2.40. The molecule has 100 valence electrons. The van der Waals surface area contributed by atoms with Gasteiger partial charge in [0, 0.05) is 17.0 Å². The third-order valence-electron chi connectivity index (χ3n) is 4.74. The highest BCUT2D eigenvalue weighted by molar-refractivity contribution is 7.10. The molecule has 1 saturated heterocycles. The van der Waals surface area contributed by atoms with Gasteiger partial charge in [0.15, 0.2) is 0 Å². The van der Waals surface area contributed by atoms with Crippen LogP contribution >= 0.6 is 11.3 Å². The molecular formula is C15H24N2S. The maximum Gasteiger partial charge on any atom is 0.0593 e. The molecule has 0 bridgehead atoms. The molecule has 2 fully saturated rings. The molecule has 1 aliphatic carbocycles. The summed E-state index contributed by atoms with van der Waals surface area (Å²) in [5.41, 5.74) is 6.29. The molecule has 2 aliphatic rings. The van der Waals surface area contributed by atoms with Gasteiger partial charge in [-0.05, 0) is 50.1 Å². The monoisotopic (exact) mass is 264 g/mol. The molecule has 4 atom stereocenters. The Bertz CT molecular complexity index is 374. The molecule has 0 aromatic carbocycles. The Kier molecular flexibility index (Phi) is 3.73. The van der Waals surface area contributed by atoms with Crippen LogP contribution in [0.3, 0.4) is 0 Å². The predicted octanol–water partition coefficient (Wildman–Crippen LogP) is 3.40. The van der Waals surface area contributed by atoms with Crippen molar-refractivity contribution in [2.24, 2.45) is 11.7 Å². The molecule has 1 saturated carbocycles. The van der Waals surface area contributed by atoms with Crippen LogP contribution in [0.5, 0.6) is 0 Å². The lowest BCUT2D eigenvalue weighted by Crippen LogP contribution is -2.43. The normalized spacial score (nSPS) is 32.1. The van der Waals surface area contributed by atoms with Crippen molar-refractivity contribution in [3.63, 3.8) is 0 Å². The molecule has 0 amide bonds. The van der Waals surface area contributed by atoms with Crippen LogP contribution in [-0.2, 0) is 0 Å². The summed E-state index contributed by atoms with van der Waals surface area (Å²) in [6.45, 7) is 3.42. The largest absolute Gasteiger partial charge is 0.326 e. The van der Waals surface area contributed by atoms with Gasteiger partial charge in [0.25, 0.3) is 0 Å². The van der Waals surface area contributed by atoms with Crippen LogP contribution < -0.4 is 5.73 Å². The lowest BCUT2D eigenvalue weighted by molar-refractivity contribution is 0.121. The fourth-order valence-electron chi connectivity index (χ4n) is 3.97. The summed E-state index contributed by atoms with van der Waals surface area (Å²) in [5, 5.41) is 2.18. The van der Waals surface area contributed by atoms with Gasteiger partial charge in [0.2, 0.25) is 0 Å². The summed E-state index contributed by atoms with van der Waals surface area (Å²) in [6.07, 6.45) is 7.07. The molecule has 4 unspecified atom stereocenters. The molecular weight excluding hydrogens is 240 g/mol. The van der Waals surface area contributed by atoms with E-state index in [1.807, 2.05) is 11.3 Å². The Balaban J connectivity index is 1.83. The van der Waals surface area contributed by atoms with Gasteiger partial charge in [-0.15, -0.1) is 11.3 Å². The van der Waals surface area contributed by atoms with Crippen molar-refractivity contribution >= 4 is 11.3 Å². The average Bonchev–Trinajstić information content (AvgIpc) is 3.00. The first-order valence-electron chi connectivity index (χ1n) is 7.32. The first-order chi connectivity index (χ1) is 8.77. The zero-order valence-electron chi connectivity index (χ0n) is 11.2. The van der Waals surface area contributed by atoms with Gasteiger partial charge < -0.3 is 5.73 Å². The SMILES string of the molecule is CC(N)C(c1cccs1)N1CCC2CCCCC21. The molecule has 3 heteroatoms. The Morgan fingerprint density at radius 1 is 1.33 bits per heavy atom. The van der Waals surface area contributed by atoms with Crippen LogP contribution in [0.25, 0.3) is 0 Å². The zero-order valence-corrected chi connectivity index (χ0v) is 12.0. The Morgan fingerprint density at radius 2 is 2.17 bits per heavy atom. The Hall–Kier alpha value is -0.380. The molecule has 3 rings (SSSR count). The third-order valence-corrected chi connectivity index (χ3v) is 5.69. The minimum Gasteiger partial charge on any atom is -0.326 e. The Labute approximate surface area is 114 Å². The van der Waals surface area contributed by atoms with Crippen molar-refractivity contribution in [1.29, 1.82) is 0 Å². The van der Waals surface area contributed by atoms with Crippen LogP contribution in [0.2, 0.25) is 0 Å². The van der Waals surface area contributed by atoms with Crippen molar-refractivity contribution in [2.75, 3.05) is 6.54 Å². The standard InChI is InChI=1S/C15H24N2S/c1-11(16)15(14-7-4-10-18-14)17-9-8-12-5-2-3-6-13(12)17/h4,7,10-13,15H,2-3,5-6,8-9,16H2,1H3. The van der Waals surface area contributed by atoms with E-state index in [-0.39, 0.29) is 6.04 Å². The van der Waals surface area contributed by atoms with Gasteiger partial charge in [-0.2, -0.15) is 0 Å². The molecule has 1 aliphatic heterocycles. The quantitative estimate of drug-likeness (QED) is 0.906. The fourth-order valence-corrected chi connectivity index (χ4v) is 4.93. The van der Waals surface area contributed by atoms with Crippen LogP contribution in [-0.4, -0.2) is 23.5 Å². The van der Waals surface area contributed by atoms with Gasteiger partial charge >= 0.3 is 0 Å². The minimum atomic E-state index is 0.226. The lowest BCUT2D eigenvalue weighted by Gasteiger charge is -2.38. The Morgan fingerprint density at radius 3 is 2.89 bits per heavy atom. The maximum atomic E-state index is 6.29. The number of likely N-dealkylation sites (tertiary alicyclic amines) is 1. The van der Waals surface area contributed by atoms with Gasteiger partial charge in [-0.25, -0.2) is 0 Å². The summed E-state index contributed by atoms with van der Waals surface area (Å²) < 4.78 is 0. The number of hydrogen-bond donors (Lipinski definition) is 1. The first-order valence-corrected chi connectivity index (χ1v) is 8.20. The summed E-state index contributed by atoms with van der Waals surface area (Å²) in [5.74, 6) is 0.944. The van der Waals surface area contributed by atoms with Crippen LogP contribution in [0, 0.1) is 5.92 Å². The van der Waals surface area contributed by atoms with Gasteiger partial charge in [0.05, 0.1) is 6.04 Å². The molecule has 2 nitrogen and oxygen atoms in total. The number of nitrogens with zero attached hydrogens (tertiary/aromatic N) is 1. The number of hydrogen-bond acceptors (Lipinski definition) is 3. The van der Waals surface area contributed by atoms with E-state index in [1.54, 1.807) is 0 Å². The highest BCUT2D eigenvalue weighted by atomic mass is 32.1. The zero-order chi connectivity index (χ0) is 12.5. The maximum absolute atomic E-state index is 6.29. The van der Waals surface area contributed by atoms with Crippen molar-refractivity contribution < 1.29 is 0 Å². The fraction of sp³-hybridized carbons (Fsp3) is 0.733. The molecule has 18 heavy (non-hydrogen) atoms. The van der Waals surface area contributed by atoms with E-state index in [4.69, 9.17) is 5.73 Å². The number of thiophene rings is 1. The third kappa shape index (κ3) is 2.24. The highest BCUT2D eigenvalue weighted by Crippen LogP contribution is 2.42. The van der Waals surface area contributed by atoms with Crippen molar-refractivity contribution in [3.8, 4) is 0 Å². The van der Waals surface area contributed by atoms with Crippen molar-refractivity contribution in [1.82, 2.24) is 4.90 Å². The lowest BCUT2D eigenvalue weighted by atomic mass is 9.84. The number of rotatable bonds is 3. The second-order valence-electron chi connectivity index (χ2n) is 5.96. The molecule has 0 radical (unpaired) electrons. The van der Waals surface area contributed by atoms with E-state index in [1.165, 1.54) is 43.5 Å². The van der Waals surface area contributed by atoms with E-state index in [0.29, 0.717) is 6.04 Å². The van der Waals surface area contributed by atoms with Gasteiger partial charge in [-0.1, -0.05) is 18.9 Å². The molecule has 2 N–H and O–H groups in total. The summed E-state index contributed by atoms with van der Waals surface area (Å²) in [6, 6.07) is 5.89. The number of fused-ring (bicyclic) bond motifs is 1. The van der Waals surface area contributed by atoms with Crippen molar-refractivity contribution in [3.05, 3.63) is 22.4 Å². The topological polar surface area (TPSA) is 29.3 Å². The van der Waals surface area contributed by atoms with Crippen LogP contribution in [0.4, 0.5) is 0 Å². The molecule has 1 aromatic rings. The number of nitrogens with two attached hydrogens (primary N) is 1. The van der Waals surface area contributed by atoms with E-state index in [2.05, 4.69) is 29.3 Å². The molecule has 1 aromatic heterocycles. The molecule has 0 spiro atoms.